The summed E-state index contributed by atoms with van der Waals surface area (Å²) in [5.74, 6) is -0.615. The number of phosphoric acid groups is 1. The van der Waals surface area contributed by atoms with E-state index in [1.807, 2.05) is 0 Å². The Morgan fingerprint density at radius 3 is 1.68 bits per heavy atom. The lowest BCUT2D eigenvalue weighted by atomic mass is 9.85. The van der Waals surface area contributed by atoms with E-state index in [0.29, 0.717) is 12.8 Å². The van der Waals surface area contributed by atoms with Crippen molar-refractivity contribution < 1.29 is 59.0 Å². The molecule has 0 aromatic carbocycles. The highest BCUT2D eigenvalue weighted by molar-refractivity contribution is 7.47. The standard InChI is InChI=1S/C43H78NO12P/c1-3-5-7-9-11-13-15-17-18-19-20-22-24-26-28-30-34(45)32-37(47)44-35(36(46)31-29-27-25-23-21-16-14-12-10-8-6-4-2)33-55-57(53,54)56-43-41(51)39(49)38(48)40(50)42(43)52/h11,13,17-18,21,23,29,31,34-36,38-43,45-46,48-52H,3-10,12,14-16,19-20,22,24-28,30,32-33H2,1-2H3,(H,44,47)(H,53,54)/b13-11-,18-17-,23-21+,31-29+. The number of rotatable bonds is 34. The summed E-state index contributed by atoms with van der Waals surface area (Å²) in [4.78, 5) is 23.3. The van der Waals surface area contributed by atoms with Gasteiger partial charge in [-0.15, -0.1) is 0 Å². The van der Waals surface area contributed by atoms with Crippen molar-refractivity contribution in [2.24, 2.45) is 0 Å². The summed E-state index contributed by atoms with van der Waals surface area (Å²) < 4.78 is 22.8. The molecule has 1 rings (SSSR count). The van der Waals surface area contributed by atoms with Crippen molar-refractivity contribution in [2.45, 2.75) is 210 Å². The first-order chi connectivity index (χ1) is 27.3. The van der Waals surface area contributed by atoms with Gasteiger partial charge in [0.15, 0.2) is 0 Å². The minimum absolute atomic E-state index is 0.264. The molecule has 8 unspecified atom stereocenters. The van der Waals surface area contributed by atoms with Crippen LogP contribution >= 0.6 is 7.82 Å². The number of unbranched alkanes of at least 4 members (excludes halogenated alkanes) is 15. The van der Waals surface area contributed by atoms with Gasteiger partial charge in [-0.3, -0.25) is 13.8 Å². The van der Waals surface area contributed by atoms with Gasteiger partial charge in [-0.1, -0.05) is 133 Å². The average molecular weight is 832 g/mol. The molecule has 8 atom stereocenters. The lowest BCUT2D eigenvalue weighted by molar-refractivity contribution is -0.220. The highest BCUT2D eigenvalue weighted by atomic mass is 31.2. The quantitative estimate of drug-likeness (QED) is 0.0196. The van der Waals surface area contributed by atoms with E-state index in [1.165, 1.54) is 57.4 Å². The first kappa shape index (κ1) is 53.3. The third-order valence-electron chi connectivity index (χ3n) is 10.1. The van der Waals surface area contributed by atoms with Crippen molar-refractivity contribution in [1.29, 1.82) is 0 Å². The molecule has 0 bridgehead atoms. The highest BCUT2D eigenvalue weighted by Crippen LogP contribution is 2.47. The van der Waals surface area contributed by atoms with E-state index in [2.05, 4.69) is 55.6 Å². The summed E-state index contributed by atoms with van der Waals surface area (Å²) in [6.07, 6.45) is 23.5. The molecule has 0 saturated heterocycles. The third-order valence-corrected chi connectivity index (χ3v) is 11.1. The Balaban J connectivity index is 2.62. The van der Waals surface area contributed by atoms with E-state index in [-0.39, 0.29) is 6.42 Å². The molecule has 0 aromatic heterocycles. The van der Waals surface area contributed by atoms with Gasteiger partial charge < -0.3 is 46.0 Å². The number of aliphatic hydroxyl groups excluding tert-OH is 7. The first-order valence-corrected chi connectivity index (χ1v) is 23.2. The summed E-state index contributed by atoms with van der Waals surface area (Å²) in [6.45, 7) is 3.65. The Bertz CT molecular complexity index is 1170. The van der Waals surface area contributed by atoms with Crippen molar-refractivity contribution in [2.75, 3.05) is 6.61 Å². The predicted octanol–water partition coefficient (Wildman–Crippen LogP) is 6.36. The molecule has 57 heavy (non-hydrogen) atoms. The minimum atomic E-state index is -5.15. The number of nitrogens with one attached hydrogen (secondary N) is 1. The average Bonchev–Trinajstić information content (AvgIpc) is 3.18. The van der Waals surface area contributed by atoms with E-state index in [1.54, 1.807) is 6.08 Å². The van der Waals surface area contributed by atoms with Crippen molar-refractivity contribution in [3.05, 3.63) is 48.6 Å². The van der Waals surface area contributed by atoms with E-state index in [9.17, 15) is 50.0 Å². The van der Waals surface area contributed by atoms with Crippen LogP contribution in [0.5, 0.6) is 0 Å². The van der Waals surface area contributed by atoms with Crippen LogP contribution in [0.15, 0.2) is 48.6 Å². The van der Waals surface area contributed by atoms with Gasteiger partial charge in [-0.2, -0.15) is 0 Å². The van der Waals surface area contributed by atoms with Crippen LogP contribution in [0, 0.1) is 0 Å². The first-order valence-electron chi connectivity index (χ1n) is 21.7. The lowest BCUT2D eigenvalue weighted by Crippen LogP contribution is -2.64. The van der Waals surface area contributed by atoms with Gasteiger partial charge >= 0.3 is 7.82 Å². The van der Waals surface area contributed by atoms with Gasteiger partial charge in [-0.05, 0) is 64.2 Å². The summed E-state index contributed by atoms with van der Waals surface area (Å²) >= 11 is 0. The highest BCUT2D eigenvalue weighted by Gasteiger charge is 2.51. The Morgan fingerprint density at radius 1 is 0.632 bits per heavy atom. The molecule has 1 aliphatic rings. The number of allylic oxidation sites excluding steroid dienone is 7. The van der Waals surface area contributed by atoms with Gasteiger partial charge in [0.25, 0.3) is 0 Å². The Labute approximate surface area is 342 Å². The lowest BCUT2D eigenvalue weighted by Gasteiger charge is -2.41. The van der Waals surface area contributed by atoms with Gasteiger partial charge in [0.2, 0.25) is 5.91 Å². The molecule has 0 aromatic rings. The molecule has 0 aliphatic heterocycles. The molecular formula is C43H78NO12P. The molecule has 0 heterocycles. The SMILES string of the molecule is CCCCC/C=C\C/C=C\CCCCCCCC(O)CC(=O)NC(COP(=O)(O)OC1C(O)C(O)C(O)C(O)C1O)C(O)/C=C/CC/C=C/CCCCCCCC. The number of phosphoric ester groups is 1. The summed E-state index contributed by atoms with van der Waals surface area (Å²) in [7, 11) is -5.15. The van der Waals surface area contributed by atoms with Crippen LogP contribution in [0.1, 0.15) is 155 Å². The number of amides is 1. The molecule has 332 valence electrons. The maximum absolute atomic E-state index is 12.9. The largest absolute Gasteiger partial charge is 0.472 e. The van der Waals surface area contributed by atoms with Gasteiger partial charge in [0, 0.05) is 0 Å². The zero-order valence-electron chi connectivity index (χ0n) is 34.7. The van der Waals surface area contributed by atoms with E-state index in [4.69, 9.17) is 9.05 Å². The van der Waals surface area contributed by atoms with Crippen LogP contribution in [0.4, 0.5) is 0 Å². The van der Waals surface area contributed by atoms with Gasteiger partial charge in [0.05, 0.1) is 31.3 Å². The monoisotopic (exact) mass is 832 g/mol. The van der Waals surface area contributed by atoms with Crippen LogP contribution in [0.2, 0.25) is 0 Å². The van der Waals surface area contributed by atoms with Crippen molar-refractivity contribution >= 4 is 13.7 Å². The smallest absolute Gasteiger partial charge is 0.393 e. The molecule has 0 spiro atoms. The van der Waals surface area contributed by atoms with Crippen LogP contribution in [-0.4, -0.2) is 108 Å². The van der Waals surface area contributed by atoms with Crippen LogP contribution in [-0.2, 0) is 18.4 Å². The second-order valence-corrected chi connectivity index (χ2v) is 16.8. The maximum atomic E-state index is 12.9. The molecule has 13 nitrogen and oxygen atoms in total. The number of hydrogen-bond donors (Lipinski definition) is 9. The molecule has 1 fully saturated rings. The number of aliphatic hydroxyl groups is 7. The fourth-order valence-electron chi connectivity index (χ4n) is 6.52. The fraction of sp³-hybridized carbons (Fsp3) is 0.791. The minimum Gasteiger partial charge on any atom is -0.393 e. The van der Waals surface area contributed by atoms with Gasteiger partial charge in [0.1, 0.15) is 36.6 Å². The molecular weight excluding hydrogens is 753 g/mol. The molecule has 1 amide bonds. The van der Waals surface area contributed by atoms with Crippen molar-refractivity contribution in [3.8, 4) is 0 Å². The molecule has 1 saturated carbocycles. The summed E-state index contributed by atoms with van der Waals surface area (Å²) in [5.41, 5.74) is 0. The zero-order valence-corrected chi connectivity index (χ0v) is 35.6. The van der Waals surface area contributed by atoms with Crippen LogP contribution in [0.3, 0.4) is 0 Å². The molecule has 14 heteroatoms. The summed E-state index contributed by atoms with van der Waals surface area (Å²) in [5, 5.41) is 74.2. The third kappa shape index (κ3) is 25.5. The second kappa shape index (κ2) is 33.0. The fourth-order valence-corrected chi connectivity index (χ4v) is 7.49. The second-order valence-electron chi connectivity index (χ2n) is 15.4. The van der Waals surface area contributed by atoms with Crippen molar-refractivity contribution in [1.82, 2.24) is 5.32 Å². The Kier molecular flexibility index (Phi) is 30.9. The number of carbonyl (C=O) groups excluding carboxylic acids is 1. The summed E-state index contributed by atoms with van der Waals surface area (Å²) in [6, 6.07) is -1.26. The number of carbonyl (C=O) groups is 1. The van der Waals surface area contributed by atoms with E-state index in [0.717, 1.165) is 70.6 Å². The van der Waals surface area contributed by atoms with Crippen LogP contribution < -0.4 is 5.32 Å². The van der Waals surface area contributed by atoms with Crippen molar-refractivity contribution in [3.63, 3.8) is 0 Å². The van der Waals surface area contributed by atoms with E-state index >= 15 is 0 Å². The Hall–Kier alpha value is -1.74. The van der Waals surface area contributed by atoms with E-state index < -0.39 is 75.2 Å². The normalized spacial score (nSPS) is 24.5. The zero-order chi connectivity index (χ0) is 42.3. The predicted molar refractivity (Wildman–Crippen MR) is 224 cm³/mol. The Morgan fingerprint density at radius 2 is 1.09 bits per heavy atom. The molecule has 9 N–H and O–H groups in total. The van der Waals surface area contributed by atoms with Gasteiger partial charge in [-0.25, -0.2) is 4.57 Å². The number of hydrogen-bond acceptors (Lipinski definition) is 11. The molecule has 0 radical (unpaired) electrons. The molecule has 1 aliphatic carbocycles. The topological polar surface area (TPSA) is 226 Å². The maximum Gasteiger partial charge on any atom is 0.472 e. The van der Waals surface area contributed by atoms with Crippen LogP contribution in [0.25, 0.3) is 0 Å².